The molecule has 0 bridgehead atoms. The van der Waals surface area contributed by atoms with Crippen molar-refractivity contribution in [3.8, 4) is 0 Å². The molecule has 0 N–H and O–H groups in total. The molecule has 0 heterocycles. The third-order valence-corrected chi connectivity index (χ3v) is 2.57. The van der Waals surface area contributed by atoms with Gasteiger partial charge in [-0.25, -0.2) is 0 Å². The Kier molecular flexibility index (Phi) is 4.70. The lowest BCUT2D eigenvalue weighted by Gasteiger charge is -2.22. The van der Waals surface area contributed by atoms with Crippen LogP contribution in [0.3, 0.4) is 0 Å². The van der Waals surface area contributed by atoms with E-state index in [1.165, 1.54) is 6.42 Å². The first kappa shape index (κ1) is 10.1. The van der Waals surface area contributed by atoms with Crippen LogP contribution in [0, 0.1) is 0 Å². The standard InChI is InChI=1S/C10H17ClO/c1-2-3-8-12-10-7-5-4-6-9(10)11/h5,7,9-10H,2-4,6,8H2,1H3. The molecule has 0 aromatic heterocycles. The van der Waals surface area contributed by atoms with Crippen molar-refractivity contribution in [1.29, 1.82) is 0 Å². The molecular weight excluding hydrogens is 172 g/mol. The average Bonchev–Trinajstić information content (AvgIpc) is 2.09. The van der Waals surface area contributed by atoms with Crippen LogP contribution in [0.1, 0.15) is 32.6 Å². The van der Waals surface area contributed by atoms with E-state index in [-0.39, 0.29) is 11.5 Å². The monoisotopic (exact) mass is 188 g/mol. The molecule has 1 aliphatic carbocycles. The Morgan fingerprint density at radius 2 is 2.42 bits per heavy atom. The van der Waals surface area contributed by atoms with Gasteiger partial charge in [-0.3, -0.25) is 0 Å². The zero-order valence-corrected chi connectivity index (χ0v) is 8.39. The normalized spacial score (nSPS) is 29.2. The van der Waals surface area contributed by atoms with E-state index >= 15 is 0 Å². The number of hydrogen-bond acceptors (Lipinski definition) is 1. The minimum absolute atomic E-state index is 0.159. The smallest absolute Gasteiger partial charge is 0.0919 e. The Labute approximate surface area is 79.7 Å². The van der Waals surface area contributed by atoms with E-state index in [4.69, 9.17) is 16.3 Å². The van der Waals surface area contributed by atoms with E-state index in [9.17, 15) is 0 Å². The predicted octanol–water partition coefficient (Wildman–Crippen LogP) is 3.13. The number of halogens is 1. The molecule has 0 saturated heterocycles. The van der Waals surface area contributed by atoms with Gasteiger partial charge in [-0.05, 0) is 19.3 Å². The lowest BCUT2D eigenvalue weighted by Crippen LogP contribution is -2.25. The molecular formula is C10H17ClO. The molecule has 12 heavy (non-hydrogen) atoms. The fourth-order valence-corrected chi connectivity index (χ4v) is 1.58. The summed E-state index contributed by atoms with van der Waals surface area (Å²) in [6.45, 7) is 3.01. The lowest BCUT2D eigenvalue weighted by molar-refractivity contribution is 0.0758. The van der Waals surface area contributed by atoms with Crippen LogP contribution in [-0.4, -0.2) is 18.1 Å². The van der Waals surface area contributed by atoms with Crippen molar-refractivity contribution in [2.75, 3.05) is 6.61 Å². The molecule has 1 rings (SSSR count). The molecule has 0 aromatic rings. The van der Waals surface area contributed by atoms with Crippen LogP contribution in [0.15, 0.2) is 12.2 Å². The summed E-state index contributed by atoms with van der Waals surface area (Å²) >= 11 is 6.09. The highest BCUT2D eigenvalue weighted by Gasteiger charge is 2.18. The zero-order valence-electron chi connectivity index (χ0n) is 7.63. The SMILES string of the molecule is CCCCOC1C=CCCC1Cl. The second-order valence-corrected chi connectivity index (χ2v) is 3.77. The van der Waals surface area contributed by atoms with Crippen molar-refractivity contribution in [1.82, 2.24) is 0 Å². The van der Waals surface area contributed by atoms with Gasteiger partial charge in [-0.2, -0.15) is 0 Å². The summed E-state index contributed by atoms with van der Waals surface area (Å²) in [5.41, 5.74) is 0. The number of hydrogen-bond donors (Lipinski definition) is 0. The molecule has 0 saturated carbocycles. The Balaban J connectivity index is 2.20. The van der Waals surface area contributed by atoms with Crippen molar-refractivity contribution in [3.63, 3.8) is 0 Å². The minimum Gasteiger partial charge on any atom is -0.373 e. The average molecular weight is 189 g/mol. The van der Waals surface area contributed by atoms with E-state index < -0.39 is 0 Å². The van der Waals surface area contributed by atoms with Crippen molar-refractivity contribution in [3.05, 3.63) is 12.2 Å². The highest BCUT2D eigenvalue weighted by Crippen LogP contribution is 2.20. The van der Waals surface area contributed by atoms with Gasteiger partial charge >= 0.3 is 0 Å². The van der Waals surface area contributed by atoms with Gasteiger partial charge in [-0.1, -0.05) is 25.5 Å². The summed E-state index contributed by atoms with van der Waals surface area (Å²) in [4.78, 5) is 0. The molecule has 0 fully saturated rings. The number of ether oxygens (including phenoxy) is 1. The molecule has 70 valence electrons. The summed E-state index contributed by atoms with van der Waals surface area (Å²) in [6.07, 6.45) is 8.88. The van der Waals surface area contributed by atoms with Crippen LogP contribution in [-0.2, 0) is 4.74 Å². The Hall–Kier alpha value is -0.0100. The van der Waals surface area contributed by atoms with Crippen molar-refractivity contribution in [2.45, 2.75) is 44.1 Å². The molecule has 0 amide bonds. The first-order valence-corrected chi connectivity index (χ1v) is 5.20. The van der Waals surface area contributed by atoms with Crippen LogP contribution >= 0.6 is 11.6 Å². The Bertz CT molecular complexity index is 145. The summed E-state index contributed by atoms with van der Waals surface area (Å²) in [6, 6.07) is 0. The number of alkyl halides is 1. The van der Waals surface area contributed by atoms with Gasteiger partial charge in [0.1, 0.15) is 0 Å². The maximum absolute atomic E-state index is 6.09. The fourth-order valence-electron chi connectivity index (χ4n) is 1.29. The minimum atomic E-state index is 0.159. The quantitative estimate of drug-likeness (QED) is 0.374. The summed E-state index contributed by atoms with van der Waals surface area (Å²) in [5, 5.41) is 0.187. The first-order chi connectivity index (χ1) is 5.84. The van der Waals surface area contributed by atoms with Gasteiger partial charge in [0.25, 0.3) is 0 Å². The molecule has 0 aromatic carbocycles. The van der Waals surface area contributed by atoms with Crippen LogP contribution in [0.4, 0.5) is 0 Å². The maximum Gasteiger partial charge on any atom is 0.0919 e. The fraction of sp³-hybridized carbons (Fsp3) is 0.800. The van der Waals surface area contributed by atoms with Crippen LogP contribution in [0.2, 0.25) is 0 Å². The molecule has 2 unspecified atom stereocenters. The van der Waals surface area contributed by atoms with E-state index in [0.29, 0.717) is 0 Å². The highest BCUT2D eigenvalue weighted by atomic mass is 35.5. The third-order valence-electron chi connectivity index (χ3n) is 2.10. The van der Waals surface area contributed by atoms with Crippen LogP contribution < -0.4 is 0 Å². The van der Waals surface area contributed by atoms with Crippen molar-refractivity contribution >= 4 is 11.6 Å². The number of unbranched alkanes of at least 4 members (excludes halogenated alkanes) is 1. The van der Waals surface area contributed by atoms with Gasteiger partial charge < -0.3 is 4.74 Å². The van der Waals surface area contributed by atoms with Crippen LogP contribution in [0.25, 0.3) is 0 Å². The second-order valence-electron chi connectivity index (χ2n) is 3.21. The van der Waals surface area contributed by atoms with Crippen molar-refractivity contribution in [2.24, 2.45) is 0 Å². The molecule has 0 aliphatic heterocycles. The van der Waals surface area contributed by atoms with E-state index in [1.807, 2.05) is 0 Å². The van der Waals surface area contributed by atoms with E-state index in [1.54, 1.807) is 0 Å². The predicted molar refractivity (Wildman–Crippen MR) is 52.7 cm³/mol. The Morgan fingerprint density at radius 3 is 3.08 bits per heavy atom. The molecule has 1 aliphatic rings. The van der Waals surface area contributed by atoms with Gasteiger partial charge in [0.05, 0.1) is 11.5 Å². The largest absolute Gasteiger partial charge is 0.373 e. The number of rotatable bonds is 4. The molecule has 2 atom stereocenters. The lowest BCUT2D eigenvalue weighted by atomic mass is 10.0. The van der Waals surface area contributed by atoms with E-state index in [2.05, 4.69) is 19.1 Å². The molecule has 0 radical (unpaired) electrons. The summed E-state index contributed by atoms with van der Waals surface area (Å²) in [7, 11) is 0. The van der Waals surface area contributed by atoms with Crippen molar-refractivity contribution < 1.29 is 4.74 Å². The zero-order chi connectivity index (χ0) is 8.81. The molecule has 0 spiro atoms. The second kappa shape index (κ2) is 5.60. The Morgan fingerprint density at radius 1 is 1.58 bits per heavy atom. The van der Waals surface area contributed by atoms with Gasteiger partial charge in [0, 0.05) is 6.61 Å². The van der Waals surface area contributed by atoms with Gasteiger partial charge in [-0.15, -0.1) is 11.6 Å². The first-order valence-electron chi connectivity index (χ1n) is 4.77. The van der Waals surface area contributed by atoms with Crippen LogP contribution in [0.5, 0.6) is 0 Å². The summed E-state index contributed by atoms with van der Waals surface area (Å²) < 4.78 is 5.62. The molecule has 1 nitrogen and oxygen atoms in total. The summed E-state index contributed by atoms with van der Waals surface area (Å²) in [5.74, 6) is 0. The maximum atomic E-state index is 6.09. The molecule has 2 heteroatoms. The van der Waals surface area contributed by atoms with Gasteiger partial charge in [0.15, 0.2) is 0 Å². The third kappa shape index (κ3) is 3.16. The topological polar surface area (TPSA) is 9.23 Å². The number of allylic oxidation sites excluding steroid dienone is 1. The highest BCUT2D eigenvalue weighted by molar-refractivity contribution is 6.21. The van der Waals surface area contributed by atoms with E-state index in [0.717, 1.165) is 25.9 Å². The van der Waals surface area contributed by atoms with Gasteiger partial charge in [0.2, 0.25) is 0 Å².